The molecule has 0 atom stereocenters. The zero-order chi connectivity index (χ0) is 14.0. The minimum absolute atomic E-state index is 0.253. The van der Waals surface area contributed by atoms with Crippen molar-refractivity contribution in [1.29, 1.82) is 0 Å². The number of halogens is 1. The van der Waals surface area contributed by atoms with E-state index in [0.29, 0.717) is 12.4 Å². The fraction of sp³-hybridized carbons (Fsp3) is 0.467. The average molecular weight is 264 g/mol. The first-order valence-corrected chi connectivity index (χ1v) is 6.58. The highest BCUT2D eigenvalue weighted by atomic mass is 19.1. The number of hydrogen-bond acceptors (Lipinski definition) is 2. The summed E-state index contributed by atoms with van der Waals surface area (Å²) in [7, 11) is 6.04. The lowest BCUT2D eigenvalue weighted by Gasteiger charge is -2.10. The van der Waals surface area contributed by atoms with Crippen LogP contribution < -0.4 is 4.74 Å². The van der Waals surface area contributed by atoms with Gasteiger partial charge in [0.25, 0.3) is 0 Å². The van der Waals surface area contributed by atoms with E-state index < -0.39 is 0 Å². The summed E-state index contributed by atoms with van der Waals surface area (Å²) < 4.78 is 21.2. The molecule has 0 spiro atoms. The Bertz CT molecular complexity index is 575. The van der Waals surface area contributed by atoms with Gasteiger partial charge in [-0.15, -0.1) is 0 Å². The molecule has 0 aliphatic rings. The van der Waals surface area contributed by atoms with Crippen LogP contribution in [0.3, 0.4) is 0 Å². The molecule has 104 valence electrons. The summed E-state index contributed by atoms with van der Waals surface area (Å²) in [4.78, 5) is 2.14. The summed E-state index contributed by atoms with van der Waals surface area (Å²) >= 11 is 0. The van der Waals surface area contributed by atoms with E-state index in [0.717, 1.165) is 23.9 Å². The lowest BCUT2D eigenvalue weighted by Crippen LogP contribution is -2.14. The summed E-state index contributed by atoms with van der Waals surface area (Å²) in [6.07, 6.45) is 2.99. The Kier molecular flexibility index (Phi) is 4.10. The first kappa shape index (κ1) is 13.9. The van der Waals surface area contributed by atoms with Gasteiger partial charge in [0, 0.05) is 31.2 Å². The molecule has 0 aliphatic heterocycles. The van der Waals surface area contributed by atoms with Gasteiger partial charge in [-0.1, -0.05) is 0 Å². The molecule has 1 aromatic carbocycles. The van der Waals surface area contributed by atoms with Gasteiger partial charge in [0.1, 0.15) is 11.6 Å². The maximum atomic E-state index is 13.6. The fourth-order valence-electron chi connectivity index (χ4n) is 2.34. The number of likely N-dealkylation sites (N-methyl/N-ethyl adjacent to an activating group) is 1. The SMILES string of the molecule is CCOc1cc(F)cc2c1c(CCN(C)C)cn2C. The standard InChI is InChI=1S/C15H21FN2O/c1-5-19-14-9-12(16)8-13-15(14)11(10-18(13)4)6-7-17(2)3/h8-10H,5-7H2,1-4H3. The summed E-state index contributed by atoms with van der Waals surface area (Å²) in [6.45, 7) is 3.42. The monoisotopic (exact) mass is 264 g/mol. The van der Waals surface area contributed by atoms with Gasteiger partial charge >= 0.3 is 0 Å². The Hall–Kier alpha value is -1.55. The van der Waals surface area contributed by atoms with Crippen LogP contribution in [-0.4, -0.2) is 36.7 Å². The molecule has 0 saturated heterocycles. The molecule has 2 rings (SSSR count). The van der Waals surface area contributed by atoms with Gasteiger partial charge in [-0.2, -0.15) is 0 Å². The van der Waals surface area contributed by atoms with Crippen LogP contribution in [0.25, 0.3) is 10.9 Å². The second-order valence-electron chi connectivity index (χ2n) is 5.05. The molecule has 0 radical (unpaired) electrons. The largest absolute Gasteiger partial charge is 0.493 e. The predicted octanol–water partition coefficient (Wildman–Crippen LogP) is 2.82. The van der Waals surface area contributed by atoms with Crippen molar-refractivity contribution >= 4 is 10.9 Å². The van der Waals surface area contributed by atoms with Crippen molar-refractivity contribution in [3.63, 3.8) is 0 Å². The van der Waals surface area contributed by atoms with Crippen LogP contribution >= 0.6 is 0 Å². The van der Waals surface area contributed by atoms with Crippen molar-refractivity contribution in [2.75, 3.05) is 27.2 Å². The number of ether oxygens (including phenoxy) is 1. The Morgan fingerprint density at radius 1 is 1.32 bits per heavy atom. The predicted molar refractivity (Wildman–Crippen MR) is 76.3 cm³/mol. The molecular formula is C15H21FN2O. The van der Waals surface area contributed by atoms with E-state index in [9.17, 15) is 4.39 Å². The van der Waals surface area contributed by atoms with Gasteiger partial charge in [-0.05, 0) is 39.1 Å². The number of hydrogen-bond donors (Lipinski definition) is 0. The highest BCUT2D eigenvalue weighted by Gasteiger charge is 2.14. The summed E-state index contributed by atoms with van der Waals surface area (Å²) in [5.41, 5.74) is 2.09. The molecule has 3 nitrogen and oxygen atoms in total. The van der Waals surface area contributed by atoms with E-state index in [1.807, 2.05) is 32.6 Å². The van der Waals surface area contributed by atoms with E-state index in [2.05, 4.69) is 11.1 Å². The summed E-state index contributed by atoms with van der Waals surface area (Å²) in [5.74, 6) is 0.392. The number of aromatic nitrogens is 1. The Morgan fingerprint density at radius 2 is 2.05 bits per heavy atom. The zero-order valence-electron chi connectivity index (χ0n) is 12.0. The molecule has 0 saturated carbocycles. The maximum Gasteiger partial charge on any atom is 0.131 e. The van der Waals surface area contributed by atoms with Gasteiger partial charge in [0.15, 0.2) is 0 Å². The van der Waals surface area contributed by atoms with Crippen molar-refractivity contribution in [3.05, 3.63) is 29.7 Å². The van der Waals surface area contributed by atoms with E-state index in [1.54, 1.807) is 6.07 Å². The molecule has 2 aromatic rings. The van der Waals surface area contributed by atoms with Gasteiger partial charge in [-0.3, -0.25) is 0 Å². The van der Waals surface area contributed by atoms with Crippen LogP contribution in [0.15, 0.2) is 18.3 Å². The molecule has 1 aromatic heterocycles. The highest BCUT2D eigenvalue weighted by molar-refractivity contribution is 5.90. The smallest absolute Gasteiger partial charge is 0.131 e. The zero-order valence-corrected chi connectivity index (χ0v) is 12.0. The molecule has 0 aliphatic carbocycles. The third-order valence-corrected chi connectivity index (χ3v) is 3.22. The molecule has 0 fully saturated rings. The van der Waals surface area contributed by atoms with Crippen molar-refractivity contribution in [1.82, 2.24) is 9.47 Å². The van der Waals surface area contributed by atoms with Gasteiger partial charge < -0.3 is 14.2 Å². The molecule has 0 amide bonds. The quantitative estimate of drug-likeness (QED) is 0.826. The molecule has 19 heavy (non-hydrogen) atoms. The highest BCUT2D eigenvalue weighted by Crippen LogP contribution is 2.32. The number of nitrogens with zero attached hydrogens (tertiary/aromatic N) is 2. The number of fused-ring (bicyclic) bond motifs is 1. The fourth-order valence-corrected chi connectivity index (χ4v) is 2.34. The Labute approximate surface area is 113 Å². The third kappa shape index (κ3) is 2.89. The number of benzene rings is 1. The Balaban J connectivity index is 2.52. The van der Waals surface area contributed by atoms with E-state index >= 15 is 0 Å². The summed E-state index contributed by atoms with van der Waals surface area (Å²) in [5, 5.41) is 1.03. The van der Waals surface area contributed by atoms with Gasteiger partial charge in [0.05, 0.1) is 12.1 Å². The number of aryl methyl sites for hydroxylation is 1. The minimum atomic E-state index is -0.253. The first-order chi connectivity index (χ1) is 9.02. The van der Waals surface area contributed by atoms with Crippen molar-refractivity contribution in [3.8, 4) is 5.75 Å². The molecule has 4 heteroatoms. The van der Waals surface area contributed by atoms with Crippen molar-refractivity contribution in [2.45, 2.75) is 13.3 Å². The first-order valence-electron chi connectivity index (χ1n) is 6.58. The van der Waals surface area contributed by atoms with Crippen molar-refractivity contribution in [2.24, 2.45) is 7.05 Å². The molecule has 0 bridgehead atoms. The minimum Gasteiger partial charge on any atom is -0.493 e. The second kappa shape index (κ2) is 5.61. The lowest BCUT2D eigenvalue weighted by molar-refractivity contribution is 0.342. The molecular weight excluding hydrogens is 243 g/mol. The molecule has 0 N–H and O–H groups in total. The topological polar surface area (TPSA) is 17.4 Å². The summed E-state index contributed by atoms with van der Waals surface area (Å²) in [6, 6.07) is 3.04. The second-order valence-corrected chi connectivity index (χ2v) is 5.05. The van der Waals surface area contributed by atoms with Crippen LogP contribution in [0.5, 0.6) is 5.75 Å². The molecule has 1 heterocycles. The van der Waals surface area contributed by atoms with E-state index in [-0.39, 0.29) is 5.82 Å². The van der Waals surface area contributed by atoms with Gasteiger partial charge in [-0.25, -0.2) is 4.39 Å². The van der Waals surface area contributed by atoms with E-state index in [4.69, 9.17) is 4.74 Å². The third-order valence-electron chi connectivity index (χ3n) is 3.22. The molecule has 0 unspecified atom stereocenters. The van der Waals surface area contributed by atoms with Crippen molar-refractivity contribution < 1.29 is 9.13 Å². The average Bonchev–Trinajstić information content (AvgIpc) is 2.64. The van der Waals surface area contributed by atoms with Crippen LogP contribution in [0, 0.1) is 5.82 Å². The van der Waals surface area contributed by atoms with E-state index in [1.165, 1.54) is 11.6 Å². The van der Waals surface area contributed by atoms with Crippen LogP contribution in [0.1, 0.15) is 12.5 Å². The van der Waals surface area contributed by atoms with Gasteiger partial charge in [0.2, 0.25) is 0 Å². The maximum absolute atomic E-state index is 13.6. The van der Waals surface area contributed by atoms with Crippen LogP contribution in [0.4, 0.5) is 4.39 Å². The Morgan fingerprint density at radius 3 is 2.68 bits per heavy atom. The number of rotatable bonds is 5. The normalized spacial score (nSPS) is 11.5. The van der Waals surface area contributed by atoms with Crippen LogP contribution in [-0.2, 0) is 13.5 Å². The lowest BCUT2D eigenvalue weighted by atomic mass is 10.1. The van der Waals surface area contributed by atoms with Crippen LogP contribution in [0.2, 0.25) is 0 Å².